The maximum Gasteiger partial charge on any atom is 0.270 e. The van der Waals surface area contributed by atoms with Crippen molar-refractivity contribution >= 4 is 32.8 Å². The lowest BCUT2D eigenvalue weighted by molar-refractivity contribution is 0.107. The molecule has 0 spiro atoms. The van der Waals surface area contributed by atoms with E-state index in [2.05, 4.69) is 20.9 Å². The average molecular weight is 300 g/mol. The third kappa shape index (κ3) is 2.43. The van der Waals surface area contributed by atoms with E-state index in [0.29, 0.717) is 0 Å². The van der Waals surface area contributed by atoms with Crippen LogP contribution in [0.15, 0.2) is 10.8 Å². The second-order valence-corrected chi connectivity index (χ2v) is 3.58. The molecule has 1 aromatic heterocycles. The van der Waals surface area contributed by atoms with Crippen LogP contribution in [-0.4, -0.2) is 17.3 Å². The van der Waals surface area contributed by atoms with Crippen molar-refractivity contribution in [2.75, 3.05) is 7.11 Å². The Morgan fingerprint density at radius 3 is 2.67 bits per heavy atom. The van der Waals surface area contributed by atoms with Crippen LogP contribution in [-0.2, 0) is 0 Å². The van der Waals surface area contributed by atoms with Crippen LogP contribution in [0.2, 0.25) is 0 Å². The van der Waals surface area contributed by atoms with E-state index in [1.165, 1.54) is 7.11 Å². The standard InChI is InChI=1S/C8H5BrClF2NO2/c1-15-5-3(7(10)14)2-13-6(9)4(5)8(11)12/h2,8H,1H3. The van der Waals surface area contributed by atoms with Crippen LogP contribution in [0.5, 0.6) is 5.75 Å². The summed E-state index contributed by atoms with van der Waals surface area (Å²) in [7, 11) is 1.18. The Morgan fingerprint density at radius 1 is 1.67 bits per heavy atom. The number of pyridine rings is 1. The van der Waals surface area contributed by atoms with Gasteiger partial charge in [-0.15, -0.1) is 0 Å². The highest BCUT2D eigenvalue weighted by Crippen LogP contribution is 2.36. The first kappa shape index (κ1) is 12.3. The fraction of sp³-hybridized carbons (Fsp3) is 0.250. The third-order valence-electron chi connectivity index (χ3n) is 1.65. The van der Waals surface area contributed by atoms with Gasteiger partial charge in [-0.3, -0.25) is 4.79 Å². The van der Waals surface area contributed by atoms with Gasteiger partial charge in [0.1, 0.15) is 10.4 Å². The van der Waals surface area contributed by atoms with Crippen molar-refractivity contribution in [1.29, 1.82) is 0 Å². The zero-order valence-electron chi connectivity index (χ0n) is 7.43. The van der Waals surface area contributed by atoms with E-state index in [1.807, 2.05) is 0 Å². The van der Waals surface area contributed by atoms with Gasteiger partial charge in [0.05, 0.1) is 18.2 Å². The topological polar surface area (TPSA) is 39.2 Å². The monoisotopic (exact) mass is 299 g/mol. The molecular weight excluding hydrogens is 295 g/mol. The van der Waals surface area contributed by atoms with E-state index in [4.69, 9.17) is 16.3 Å². The molecule has 0 atom stereocenters. The smallest absolute Gasteiger partial charge is 0.270 e. The fourth-order valence-electron chi connectivity index (χ4n) is 1.04. The second-order valence-electron chi connectivity index (χ2n) is 2.48. The summed E-state index contributed by atoms with van der Waals surface area (Å²) in [5.41, 5.74) is -0.665. The highest BCUT2D eigenvalue weighted by Gasteiger charge is 2.24. The van der Waals surface area contributed by atoms with Crippen molar-refractivity contribution in [2.24, 2.45) is 0 Å². The van der Waals surface area contributed by atoms with Crippen molar-refractivity contribution in [1.82, 2.24) is 4.98 Å². The van der Waals surface area contributed by atoms with Crippen molar-refractivity contribution in [2.45, 2.75) is 6.43 Å². The van der Waals surface area contributed by atoms with Crippen LogP contribution in [0.25, 0.3) is 0 Å². The summed E-state index contributed by atoms with van der Waals surface area (Å²) >= 11 is 8.04. The van der Waals surface area contributed by atoms with Gasteiger partial charge in [-0.1, -0.05) is 0 Å². The molecule has 0 bridgehead atoms. The molecule has 0 aliphatic rings. The molecule has 1 aromatic rings. The highest BCUT2D eigenvalue weighted by atomic mass is 79.9. The molecule has 82 valence electrons. The van der Waals surface area contributed by atoms with Crippen LogP contribution < -0.4 is 4.74 Å². The van der Waals surface area contributed by atoms with Gasteiger partial charge in [0.25, 0.3) is 11.7 Å². The lowest BCUT2D eigenvalue weighted by atomic mass is 10.2. The summed E-state index contributed by atoms with van der Waals surface area (Å²) in [6, 6.07) is 0. The highest BCUT2D eigenvalue weighted by molar-refractivity contribution is 9.10. The zero-order chi connectivity index (χ0) is 11.6. The van der Waals surface area contributed by atoms with Gasteiger partial charge >= 0.3 is 0 Å². The van der Waals surface area contributed by atoms with Gasteiger partial charge in [0.2, 0.25) is 0 Å². The Kier molecular flexibility index (Phi) is 3.98. The van der Waals surface area contributed by atoms with E-state index in [-0.39, 0.29) is 15.9 Å². The molecule has 1 heterocycles. The van der Waals surface area contributed by atoms with E-state index >= 15 is 0 Å². The van der Waals surface area contributed by atoms with Gasteiger partial charge in [-0.05, 0) is 27.5 Å². The Balaban J connectivity index is 3.47. The summed E-state index contributed by atoms with van der Waals surface area (Å²) in [6.07, 6.45) is -1.73. The summed E-state index contributed by atoms with van der Waals surface area (Å²) in [4.78, 5) is 14.5. The van der Waals surface area contributed by atoms with Crippen LogP contribution >= 0.6 is 27.5 Å². The minimum absolute atomic E-state index is 0.0731. The van der Waals surface area contributed by atoms with Crippen LogP contribution in [0.1, 0.15) is 22.3 Å². The summed E-state index contributed by atoms with van der Waals surface area (Å²) in [5, 5.41) is -0.895. The molecule has 0 fully saturated rings. The minimum atomic E-state index is -2.81. The lowest BCUT2D eigenvalue weighted by Gasteiger charge is -2.11. The van der Waals surface area contributed by atoms with Crippen LogP contribution in [0.4, 0.5) is 8.78 Å². The number of aromatic nitrogens is 1. The predicted molar refractivity (Wildman–Crippen MR) is 53.6 cm³/mol. The van der Waals surface area contributed by atoms with Gasteiger partial charge in [-0.2, -0.15) is 0 Å². The first-order valence-electron chi connectivity index (χ1n) is 3.69. The number of ether oxygens (including phenoxy) is 1. The van der Waals surface area contributed by atoms with Gasteiger partial charge in [0.15, 0.2) is 0 Å². The van der Waals surface area contributed by atoms with Crippen molar-refractivity contribution < 1.29 is 18.3 Å². The number of rotatable bonds is 3. The minimum Gasteiger partial charge on any atom is -0.495 e. The van der Waals surface area contributed by atoms with E-state index in [0.717, 1.165) is 6.20 Å². The molecule has 0 aromatic carbocycles. The molecule has 0 radical (unpaired) electrons. The number of nitrogens with zero attached hydrogens (tertiary/aromatic N) is 1. The molecule has 0 saturated heterocycles. The molecule has 0 saturated carbocycles. The third-order valence-corrected chi connectivity index (χ3v) is 2.49. The van der Waals surface area contributed by atoms with Gasteiger partial charge < -0.3 is 4.74 Å². The Labute approximate surface area is 97.5 Å². The number of carbonyl (C=O) groups excluding carboxylic acids is 1. The molecular formula is C8H5BrClF2NO2. The molecule has 15 heavy (non-hydrogen) atoms. The zero-order valence-corrected chi connectivity index (χ0v) is 9.77. The van der Waals surface area contributed by atoms with Crippen molar-refractivity contribution in [3.63, 3.8) is 0 Å². The van der Waals surface area contributed by atoms with Crippen molar-refractivity contribution in [3.8, 4) is 5.75 Å². The largest absolute Gasteiger partial charge is 0.495 e. The Morgan fingerprint density at radius 2 is 2.27 bits per heavy atom. The predicted octanol–water partition coefficient (Wildman–Crippen LogP) is 3.17. The van der Waals surface area contributed by atoms with E-state index in [9.17, 15) is 13.6 Å². The number of alkyl halides is 2. The Bertz CT molecular complexity index is 400. The number of halogens is 4. The molecule has 0 unspecified atom stereocenters. The summed E-state index contributed by atoms with van der Waals surface area (Å²) in [5.74, 6) is -0.258. The van der Waals surface area contributed by atoms with Crippen molar-refractivity contribution in [3.05, 3.63) is 21.9 Å². The fourth-order valence-corrected chi connectivity index (χ4v) is 1.63. The molecule has 1 rings (SSSR count). The molecule has 3 nitrogen and oxygen atoms in total. The molecule has 0 aliphatic carbocycles. The first-order chi connectivity index (χ1) is 6.99. The molecule has 0 N–H and O–H groups in total. The lowest BCUT2D eigenvalue weighted by Crippen LogP contribution is -2.03. The quantitative estimate of drug-likeness (QED) is 0.636. The maximum atomic E-state index is 12.6. The normalized spacial score (nSPS) is 10.5. The molecule has 0 aliphatic heterocycles. The molecule has 0 amide bonds. The second kappa shape index (κ2) is 4.85. The number of hydrogen-bond donors (Lipinski definition) is 0. The maximum absolute atomic E-state index is 12.6. The average Bonchev–Trinajstić information content (AvgIpc) is 2.15. The van der Waals surface area contributed by atoms with Crippen LogP contribution in [0, 0.1) is 0 Å². The van der Waals surface area contributed by atoms with E-state index in [1.54, 1.807) is 0 Å². The SMILES string of the molecule is COc1c(C(=O)Cl)cnc(Br)c1C(F)F. The number of carbonyl (C=O) groups is 1. The number of hydrogen-bond acceptors (Lipinski definition) is 3. The number of methoxy groups -OCH3 is 1. The van der Waals surface area contributed by atoms with E-state index < -0.39 is 17.2 Å². The summed E-state index contributed by atoms with van der Waals surface area (Å²) < 4.78 is 29.9. The van der Waals surface area contributed by atoms with Gasteiger partial charge in [-0.25, -0.2) is 13.8 Å². The van der Waals surface area contributed by atoms with Crippen LogP contribution in [0.3, 0.4) is 0 Å². The first-order valence-corrected chi connectivity index (χ1v) is 4.86. The molecule has 7 heteroatoms. The summed E-state index contributed by atoms with van der Waals surface area (Å²) in [6.45, 7) is 0. The van der Waals surface area contributed by atoms with Gasteiger partial charge in [0, 0.05) is 6.20 Å². The Hall–Kier alpha value is -0.750.